The van der Waals surface area contributed by atoms with Crippen LogP contribution in [-0.4, -0.2) is 16.3 Å². The van der Waals surface area contributed by atoms with E-state index < -0.39 is 5.82 Å². The van der Waals surface area contributed by atoms with Crippen LogP contribution in [0.5, 0.6) is 0 Å². The zero-order chi connectivity index (χ0) is 11.5. The monoisotopic (exact) mass is 236 g/mol. The maximum atomic E-state index is 13.5. The van der Waals surface area contributed by atoms with Gasteiger partial charge in [-0.05, 0) is 24.3 Å². The van der Waals surface area contributed by atoms with Crippen LogP contribution in [0.15, 0.2) is 30.5 Å². The summed E-state index contributed by atoms with van der Waals surface area (Å²) in [6.07, 6.45) is 1.90. The van der Waals surface area contributed by atoms with E-state index in [0.717, 1.165) is 0 Å². The Labute approximate surface area is 95.9 Å². The van der Waals surface area contributed by atoms with E-state index >= 15 is 0 Å². The quantitative estimate of drug-likeness (QED) is 0.753. The first-order chi connectivity index (χ1) is 7.70. The number of aldehydes is 1. The Bertz CT molecular complexity index is 545. The molecule has 5 heteroatoms. The van der Waals surface area contributed by atoms with Crippen molar-refractivity contribution in [2.45, 2.75) is 0 Å². The Balaban J connectivity index is 2.57. The summed E-state index contributed by atoms with van der Waals surface area (Å²) in [5, 5.41) is 0.405. The number of carbonyl (C=O) groups is 1. The number of carbonyl (C=O) groups excluding carboxylic acids is 1. The molecule has 0 radical (unpaired) electrons. The van der Waals surface area contributed by atoms with E-state index in [0.29, 0.717) is 17.0 Å². The molecule has 0 aliphatic rings. The smallest absolute Gasteiger partial charge is 0.193 e. The number of nitrogens with zero attached hydrogens (tertiary/aromatic N) is 2. The van der Waals surface area contributed by atoms with Crippen molar-refractivity contribution in [3.05, 3.63) is 47.1 Å². The fraction of sp³-hybridized carbons (Fsp3) is 0. The van der Waals surface area contributed by atoms with E-state index in [-0.39, 0.29) is 11.4 Å². The Morgan fingerprint density at radius 1 is 1.31 bits per heavy atom. The minimum Gasteiger partial charge on any atom is -0.294 e. The Morgan fingerprint density at radius 2 is 2.12 bits per heavy atom. The Morgan fingerprint density at radius 3 is 2.88 bits per heavy atom. The van der Waals surface area contributed by atoms with Gasteiger partial charge in [0.25, 0.3) is 0 Å². The highest BCUT2D eigenvalue weighted by Gasteiger charge is 2.08. The highest BCUT2D eigenvalue weighted by Crippen LogP contribution is 2.23. The number of hydrogen-bond acceptors (Lipinski definition) is 3. The van der Waals surface area contributed by atoms with Gasteiger partial charge in [0.1, 0.15) is 5.82 Å². The van der Waals surface area contributed by atoms with Gasteiger partial charge in [-0.3, -0.25) is 4.79 Å². The van der Waals surface area contributed by atoms with Crippen LogP contribution in [0, 0.1) is 5.82 Å². The highest BCUT2D eigenvalue weighted by atomic mass is 35.5. The molecule has 2 rings (SSSR count). The van der Waals surface area contributed by atoms with Crippen LogP contribution in [0.2, 0.25) is 5.02 Å². The molecule has 0 spiro atoms. The third-order valence-corrected chi connectivity index (χ3v) is 2.22. The number of hydrogen-bond donors (Lipinski definition) is 0. The van der Waals surface area contributed by atoms with Gasteiger partial charge in [-0.2, -0.15) is 0 Å². The van der Waals surface area contributed by atoms with Crippen LogP contribution in [0.1, 0.15) is 10.6 Å². The summed E-state index contributed by atoms with van der Waals surface area (Å²) >= 11 is 5.76. The molecular weight excluding hydrogens is 231 g/mol. The molecule has 2 aromatic rings. The van der Waals surface area contributed by atoms with Gasteiger partial charge in [-0.1, -0.05) is 11.6 Å². The number of aromatic nitrogens is 2. The zero-order valence-corrected chi connectivity index (χ0v) is 8.78. The van der Waals surface area contributed by atoms with Crippen LogP contribution in [0.3, 0.4) is 0 Å². The molecule has 0 fully saturated rings. The molecule has 80 valence electrons. The first-order valence-electron chi connectivity index (χ1n) is 4.44. The topological polar surface area (TPSA) is 42.9 Å². The van der Waals surface area contributed by atoms with Gasteiger partial charge in [-0.15, -0.1) is 0 Å². The molecule has 1 aromatic heterocycles. The van der Waals surface area contributed by atoms with Crippen LogP contribution in [0.4, 0.5) is 4.39 Å². The number of benzene rings is 1. The van der Waals surface area contributed by atoms with Crippen molar-refractivity contribution in [2.24, 2.45) is 0 Å². The third kappa shape index (κ3) is 2.06. The van der Waals surface area contributed by atoms with Crippen molar-refractivity contribution in [3.63, 3.8) is 0 Å². The van der Waals surface area contributed by atoms with Gasteiger partial charge in [0.15, 0.2) is 12.1 Å². The van der Waals surface area contributed by atoms with E-state index in [4.69, 9.17) is 11.6 Å². The average Bonchev–Trinajstić information content (AvgIpc) is 2.32. The van der Waals surface area contributed by atoms with Crippen molar-refractivity contribution in [1.29, 1.82) is 0 Å². The molecule has 0 amide bonds. The van der Waals surface area contributed by atoms with Gasteiger partial charge in [0.05, 0.1) is 5.69 Å². The second-order valence-corrected chi connectivity index (χ2v) is 3.48. The highest BCUT2D eigenvalue weighted by molar-refractivity contribution is 6.30. The summed E-state index contributed by atoms with van der Waals surface area (Å²) in [6, 6.07) is 5.66. The molecule has 1 heterocycles. The Hall–Kier alpha value is -1.81. The molecule has 0 N–H and O–H groups in total. The molecule has 0 aliphatic heterocycles. The summed E-state index contributed by atoms with van der Waals surface area (Å²) in [5.41, 5.74) is 0.579. The average molecular weight is 237 g/mol. The first kappa shape index (κ1) is 10.7. The normalized spacial score (nSPS) is 10.1. The molecular formula is C11H6ClFN2O. The lowest BCUT2D eigenvalue weighted by Gasteiger charge is -2.03. The summed E-state index contributed by atoms with van der Waals surface area (Å²) in [5.74, 6) is -0.433. The van der Waals surface area contributed by atoms with Crippen LogP contribution < -0.4 is 0 Å². The largest absolute Gasteiger partial charge is 0.294 e. The maximum absolute atomic E-state index is 13.5. The molecule has 16 heavy (non-hydrogen) atoms. The van der Waals surface area contributed by atoms with Crippen molar-refractivity contribution in [3.8, 4) is 11.3 Å². The van der Waals surface area contributed by atoms with E-state index in [1.54, 1.807) is 0 Å². The van der Waals surface area contributed by atoms with Crippen molar-refractivity contribution in [1.82, 2.24) is 9.97 Å². The number of halogens is 2. The first-order valence-corrected chi connectivity index (χ1v) is 4.82. The lowest BCUT2D eigenvalue weighted by Crippen LogP contribution is -1.95. The zero-order valence-electron chi connectivity index (χ0n) is 8.02. The predicted octanol–water partition coefficient (Wildman–Crippen LogP) is 2.75. The fourth-order valence-corrected chi connectivity index (χ4v) is 1.45. The third-order valence-electron chi connectivity index (χ3n) is 1.98. The lowest BCUT2D eigenvalue weighted by molar-refractivity contribution is 0.111. The van der Waals surface area contributed by atoms with Gasteiger partial charge < -0.3 is 0 Å². The molecule has 0 unspecified atom stereocenters. The van der Waals surface area contributed by atoms with E-state index in [1.807, 2.05) is 0 Å². The van der Waals surface area contributed by atoms with Crippen molar-refractivity contribution < 1.29 is 9.18 Å². The van der Waals surface area contributed by atoms with Crippen LogP contribution in [-0.2, 0) is 0 Å². The van der Waals surface area contributed by atoms with Crippen LogP contribution >= 0.6 is 11.6 Å². The second kappa shape index (κ2) is 4.37. The van der Waals surface area contributed by atoms with Crippen molar-refractivity contribution >= 4 is 17.9 Å². The van der Waals surface area contributed by atoms with Gasteiger partial charge in [0.2, 0.25) is 0 Å². The van der Waals surface area contributed by atoms with E-state index in [9.17, 15) is 9.18 Å². The molecule has 0 atom stereocenters. The Kier molecular flexibility index (Phi) is 2.92. The fourth-order valence-electron chi connectivity index (χ4n) is 1.27. The summed E-state index contributed by atoms with van der Waals surface area (Å²) in [6.45, 7) is 0. The SMILES string of the molecule is O=Cc1nccc(-c2cc(Cl)ccc2F)n1. The molecule has 0 saturated heterocycles. The lowest BCUT2D eigenvalue weighted by atomic mass is 10.1. The predicted molar refractivity (Wildman–Crippen MR) is 57.8 cm³/mol. The van der Waals surface area contributed by atoms with Crippen LogP contribution in [0.25, 0.3) is 11.3 Å². The summed E-state index contributed by atoms with van der Waals surface area (Å²) in [4.78, 5) is 18.1. The standard InChI is InChI=1S/C11H6ClFN2O/c12-7-1-2-9(13)8(5-7)10-3-4-14-11(6-16)15-10/h1-6H. The van der Waals surface area contributed by atoms with Crippen molar-refractivity contribution in [2.75, 3.05) is 0 Å². The number of rotatable bonds is 2. The van der Waals surface area contributed by atoms with Gasteiger partial charge in [0, 0.05) is 16.8 Å². The second-order valence-electron chi connectivity index (χ2n) is 3.04. The summed E-state index contributed by atoms with van der Waals surface area (Å²) in [7, 11) is 0. The molecule has 0 saturated carbocycles. The minimum atomic E-state index is -0.444. The molecule has 3 nitrogen and oxygen atoms in total. The van der Waals surface area contributed by atoms with E-state index in [1.165, 1.54) is 30.5 Å². The molecule has 0 bridgehead atoms. The maximum Gasteiger partial charge on any atom is 0.193 e. The van der Waals surface area contributed by atoms with E-state index in [2.05, 4.69) is 9.97 Å². The minimum absolute atomic E-state index is 0.0110. The van der Waals surface area contributed by atoms with Gasteiger partial charge >= 0.3 is 0 Å². The summed E-state index contributed by atoms with van der Waals surface area (Å²) < 4.78 is 13.5. The van der Waals surface area contributed by atoms with Gasteiger partial charge in [-0.25, -0.2) is 14.4 Å². The molecule has 1 aromatic carbocycles. The molecule has 0 aliphatic carbocycles.